The van der Waals surface area contributed by atoms with E-state index in [1.165, 1.54) is 6.07 Å². The van der Waals surface area contributed by atoms with Gasteiger partial charge in [-0.2, -0.15) is 0 Å². The lowest BCUT2D eigenvalue weighted by Gasteiger charge is -2.13. The molecule has 0 spiro atoms. The van der Waals surface area contributed by atoms with Crippen molar-refractivity contribution in [3.8, 4) is 0 Å². The number of hydrogen-bond donors (Lipinski definition) is 1. The fourth-order valence-electron chi connectivity index (χ4n) is 1.79. The molecule has 1 aromatic rings. The number of nitrogens with one attached hydrogen (secondary N) is 1. The van der Waals surface area contributed by atoms with Crippen molar-refractivity contribution >= 4 is 15.9 Å². The first kappa shape index (κ1) is 12.2. The highest BCUT2D eigenvalue weighted by Crippen LogP contribution is 2.45. The molecule has 0 aliphatic heterocycles. The molecule has 17 heavy (non-hydrogen) atoms. The predicted molar refractivity (Wildman–Crippen MR) is 62.1 cm³/mol. The Hall–Kier alpha value is -1.30. The van der Waals surface area contributed by atoms with Gasteiger partial charge >= 0.3 is 0 Å². The summed E-state index contributed by atoms with van der Waals surface area (Å²) in [7, 11) is -3.60. The normalized spacial score (nSPS) is 17.8. The Labute approximate surface area is 100 Å². The zero-order valence-electron chi connectivity index (χ0n) is 9.82. The van der Waals surface area contributed by atoms with Gasteiger partial charge in [-0.05, 0) is 38.3 Å². The van der Waals surface area contributed by atoms with Crippen molar-refractivity contribution in [1.29, 1.82) is 0 Å². The summed E-state index contributed by atoms with van der Waals surface area (Å²) in [6, 6.07) is 3.08. The number of carbonyl (C=O) groups is 1. The summed E-state index contributed by atoms with van der Waals surface area (Å²) in [6.45, 7) is 3.51. The van der Waals surface area contributed by atoms with Crippen LogP contribution in [0.25, 0.3) is 0 Å². The summed E-state index contributed by atoms with van der Waals surface area (Å²) in [4.78, 5) is 11.7. The summed E-state index contributed by atoms with van der Waals surface area (Å²) < 4.78 is 30.3. The van der Waals surface area contributed by atoms with Gasteiger partial charge in [-0.25, -0.2) is 13.1 Å². The lowest BCUT2D eigenvalue weighted by atomic mass is 10.3. The number of carbonyl (C=O) groups excluding carboxylic acids is 1. The first-order valence-electron chi connectivity index (χ1n) is 5.53. The van der Waals surface area contributed by atoms with Crippen LogP contribution < -0.4 is 4.72 Å². The number of furan rings is 1. The van der Waals surface area contributed by atoms with Crippen LogP contribution in [-0.2, 0) is 10.0 Å². The Balaban J connectivity index is 2.14. The highest BCUT2D eigenvalue weighted by molar-refractivity contribution is 7.91. The van der Waals surface area contributed by atoms with Gasteiger partial charge in [-0.3, -0.25) is 4.79 Å². The van der Waals surface area contributed by atoms with E-state index in [1.54, 1.807) is 13.0 Å². The van der Waals surface area contributed by atoms with Gasteiger partial charge < -0.3 is 4.42 Å². The summed E-state index contributed by atoms with van der Waals surface area (Å²) in [5.74, 6) is -0.0972. The number of aryl methyl sites for hydroxylation is 1. The Morgan fingerprint density at radius 1 is 1.47 bits per heavy atom. The van der Waals surface area contributed by atoms with Crippen molar-refractivity contribution in [2.45, 2.75) is 37.9 Å². The van der Waals surface area contributed by atoms with E-state index in [4.69, 9.17) is 4.42 Å². The molecule has 0 atom stereocenters. The van der Waals surface area contributed by atoms with Crippen molar-refractivity contribution in [3.63, 3.8) is 0 Å². The molecule has 1 N–H and O–H groups in total. The molecule has 1 saturated carbocycles. The first-order chi connectivity index (χ1) is 7.90. The molecule has 0 saturated heterocycles. The number of sulfonamides is 1. The van der Waals surface area contributed by atoms with E-state index < -0.39 is 20.7 Å². The molecule has 6 heteroatoms. The Bertz CT molecular complexity index is 540. The van der Waals surface area contributed by atoms with Crippen molar-refractivity contribution in [1.82, 2.24) is 4.72 Å². The van der Waals surface area contributed by atoms with Crippen LogP contribution in [0.1, 0.15) is 42.5 Å². The Morgan fingerprint density at radius 3 is 2.53 bits per heavy atom. The number of hydrogen-bond acceptors (Lipinski definition) is 4. The predicted octanol–water partition coefficient (Wildman–Crippen LogP) is 1.59. The topological polar surface area (TPSA) is 76.4 Å². The maximum Gasteiger partial charge on any atom is 0.300 e. The van der Waals surface area contributed by atoms with Gasteiger partial charge in [-0.1, -0.05) is 6.92 Å². The number of rotatable bonds is 4. The monoisotopic (exact) mass is 257 g/mol. The van der Waals surface area contributed by atoms with Crippen LogP contribution in [0.3, 0.4) is 0 Å². The molecule has 2 rings (SSSR count). The third kappa shape index (κ3) is 2.09. The molecular weight excluding hydrogens is 242 g/mol. The minimum Gasteiger partial charge on any atom is -0.456 e. The molecule has 1 aromatic heterocycles. The minimum atomic E-state index is -3.60. The SMILES string of the molecule is CCC1(S(=O)(=O)NC(=O)c2ccc(C)o2)CC1. The molecule has 0 unspecified atom stereocenters. The summed E-state index contributed by atoms with van der Waals surface area (Å²) >= 11 is 0. The van der Waals surface area contributed by atoms with Crippen molar-refractivity contribution < 1.29 is 17.6 Å². The average Bonchev–Trinajstić information content (AvgIpc) is 2.95. The van der Waals surface area contributed by atoms with Crippen molar-refractivity contribution in [3.05, 3.63) is 23.7 Å². The van der Waals surface area contributed by atoms with Crippen LogP contribution >= 0.6 is 0 Å². The molecule has 0 radical (unpaired) electrons. The van der Waals surface area contributed by atoms with Gasteiger partial charge in [0.05, 0.1) is 4.75 Å². The van der Waals surface area contributed by atoms with E-state index in [-0.39, 0.29) is 5.76 Å². The second-order valence-electron chi connectivity index (χ2n) is 4.38. The van der Waals surface area contributed by atoms with Gasteiger partial charge in [-0.15, -0.1) is 0 Å². The fourth-order valence-corrected chi connectivity index (χ4v) is 3.37. The maximum absolute atomic E-state index is 12.0. The molecule has 0 bridgehead atoms. The zero-order chi connectivity index (χ0) is 12.7. The standard InChI is InChI=1S/C11H15NO4S/c1-3-11(6-7-11)17(14,15)12-10(13)9-5-4-8(2)16-9/h4-5H,3,6-7H2,1-2H3,(H,12,13). The maximum atomic E-state index is 12.0. The third-order valence-electron chi connectivity index (χ3n) is 3.21. The molecule has 1 aliphatic rings. The second-order valence-corrected chi connectivity index (χ2v) is 6.46. The molecule has 5 nitrogen and oxygen atoms in total. The molecular formula is C11H15NO4S. The molecule has 1 fully saturated rings. The smallest absolute Gasteiger partial charge is 0.300 e. The molecule has 1 amide bonds. The quantitative estimate of drug-likeness (QED) is 0.888. The van der Waals surface area contributed by atoms with Crippen molar-refractivity contribution in [2.24, 2.45) is 0 Å². The number of amides is 1. The average molecular weight is 257 g/mol. The third-order valence-corrected chi connectivity index (χ3v) is 5.50. The zero-order valence-corrected chi connectivity index (χ0v) is 10.6. The second kappa shape index (κ2) is 3.87. The van der Waals surface area contributed by atoms with E-state index in [0.29, 0.717) is 25.0 Å². The van der Waals surface area contributed by atoms with Crippen LogP contribution in [0, 0.1) is 6.92 Å². The molecule has 1 aliphatic carbocycles. The van der Waals surface area contributed by atoms with Gasteiger partial charge in [0.2, 0.25) is 10.0 Å². The lowest BCUT2D eigenvalue weighted by Crippen LogP contribution is -2.39. The van der Waals surface area contributed by atoms with E-state index in [2.05, 4.69) is 4.72 Å². The van der Waals surface area contributed by atoms with Crippen LogP contribution in [0.4, 0.5) is 0 Å². The summed E-state index contributed by atoms with van der Waals surface area (Å²) in [6.07, 6.45) is 1.75. The Morgan fingerprint density at radius 2 is 2.12 bits per heavy atom. The first-order valence-corrected chi connectivity index (χ1v) is 7.02. The fraction of sp³-hybridized carbons (Fsp3) is 0.545. The van der Waals surface area contributed by atoms with E-state index >= 15 is 0 Å². The van der Waals surface area contributed by atoms with Crippen LogP contribution in [0.15, 0.2) is 16.5 Å². The summed E-state index contributed by atoms with van der Waals surface area (Å²) in [5, 5.41) is 0. The molecule has 0 aromatic carbocycles. The largest absolute Gasteiger partial charge is 0.456 e. The van der Waals surface area contributed by atoms with E-state index in [1.807, 2.05) is 6.92 Å². The van der Waals surface area contributed by atoms with Crippen molar-refractivity contribution in [2.75, 3.05) is 0 Å². The highest BCUT2D eigenvalue weighted by Gasteiger charge is 2.53. The van der Waals surface area contributed by atoms with Crippen LogP contribution in [0.5, 0.6) is 0 Å². The van der Waals surface area contributed by atoms with E-state index in [0.717, 1.165) is 0 Å². The minimum absolute atomic E-state index is 0.0259. The molecule has 1 heterocycles. The molecule has 94 valence electrons. The van der Waals surface area contributed by atoms with Crippen LogP contribution in [-0.4, -0.2) is 19.1 Å². The lowest BCUT2D eigenvalue weighted by molar-refractivity contribution is 0.0952. The van der Waals surface area contributed by atoms with Gasteiger partial charge in [0, 0.05) is 0 Å². The van der Waals surface area contributed by atoms with Gasteiger partial charge in [0.1, 0.15) is 5.76 Å². The highest BCUT2D eigenvalue weighted by atomic mass is 32.2. The van der Waals surface area contributed by atoms with Gasteiger partial charge in [0.25, 0.3) is 5.91 Å². The Kier molecular flexibility index (Phi) is 2.77. The summed E-state index contributed by atoms with van der Waals surface area (Å²) in [5.41, 5.74) is 0. The van der Waals surface area contributed by atoms with Gasteiger partial charge in [0.15, 0.2) is 5.76 Å². The van der Waals surface area contributed by atoms with E-state index in [9.17, 15) is 13.2 Å². The van der Waals surface area contributed by atoms with Crippen LogP contribution in [0.2, 0.25) is 0 Å².